The maximum Gasteiger partial charge on any atom is 0.129 e. The van der Waals surface area contributed by atoms with E-state index in [9.17, 15) is 4.39 Å². The Balaban J connectivity index is 2.25. The molecule has 0 aliphatic rings. The molecule has 0 N–H and O–H groups in total. The van der Waals surface area contributed by atoms with E-state index in [2.05, 4.69) is 26.2 Å². The van der Waals surface area contributed by atoms with Crippen LogP contribution in [0.5, 0.6) is 0 Å². The Kier molecular flexibility index (Phi) is 3.79. The van der Waals surface area contributed by atoms with E-state index in [1.165, 1.54) is 6.07 Å². The fraction of sp³-hybridized carbons (Fsp3) is 0.273. The first-order valence-electron chi connectivity index (χ1n) is 5.05. The summed E-state index contributed by atoms with van der Waals surface area (Å²) in [5, 5.41) is 8.30. The van der Waals surface area contributed by atoms with Crippen molar-refractivity contribution >= 4 is 27.5 Å². The molecule has 1 aromatic carbocycles. The Morgan fingerprint density at radius 2 is 2.29 bits per heavy atom. The molecule has 90 valence electrons. The van der Waals surface area contributed by atoms with Crippen molar-refractivity contribution in [2.75, 3.05) is 0 Å². The number of hydrogen-bond donors (Lipinski definition) is 0. The minimum atomic E-state index is -0.332. The fourth-order valence-electron chi connectivity index (χ4n) is 1.42. The largest absolute Gasteiger partial charge is 0.248 e. The van der Waals surface area contributed by atoms with Crippen LogP contribution in [0.3, 0.4) is 0 Å². The molecule has 1 heterocycles. The summed E-state index contributed by atoms with van der Waals surface area (Å²) in [7, 11) is 0. The Morgan fingerprint density at radius 3 is 2.88 bits per heavy atom. The molecule has 1 aromatic heterocycles. The zero-order valence-corrected chi connectivity index (χ0v) is 11.4. The van der Waals surface area contributed by atoms with E-state index < -0.39 is 0 Å². The van der Waals surface area contributed by atoms with Crippen LogP contribution < -0.4 is 0 Å². The van der Waals surface area contributed by atoms with E-state index in [0.29, 0.717) is 10.6 Å². The van der Waals surface area contributed by atoms with E-state index in [4.69, 9.17) is 11.6 Å². The number of aromatic nitrogens is 3. The lowest BCUT2D eigenvalue weighted by Crippen LogP contribution is -2.03. The van der Waals surface area contributed by atoms with Crippen molar-refractivity contribution in [2.45, 2.75) is 18.3 Å². The Labute approximate surface area is 112 Å². The normalized spacial score (nSPS) is 12.7. The fourth-order valence-corrected chi connectivity index (χ4v) is 1.85. The molecule has 0 saturated carbocycles. The monoisotopic (exact) mass is 317 g/mol. The Bertz CT molecular complexity index is 507. The molecular formula is C11H10BrClFN3. The molecule has 0 radical (unpaired) electrons. The molecule has 0 fully saturated rings. The maximum atomic E-state index is 13.5. The number of nitrogens with zero attached hydrogens (tertiary/aromatic N) is 3. The van der Waals surface area contributed by atoms with Gasteiger partial charge in [-0.2, -0.15) is 0 Å². The van der Waals surface area contributed by atoms with Gasteiger partial charge < -0.3 is 0 Å². The number of hydrogen-bond acceptors (Lipinski definition) is 2. The van der Waals surface area contributed by atoms with Gasteiger partial charge in [-0.05, 0) is 19.1 Å². The van der Waals surface area contributed by atoms with Crippen LogP contribution in [0.2, 0.25) is 5.02 Å². The third-order valence-electron chi connectivity index (χ3n) is 2.35. The summed E-state index contributed by atoms with van der Waals surface area (Å²) in [5.74, 6) is -0.332. The molecule has 17 heavy (non-hydrogen) atoms. The predicted octanol–water partition coefficient (Wildman–Crippen LogP) is 3.57. The topological polar surface area (TPSA) is 30.7 Å². The number of alkyl halides is 1. The second kappa shape index (κ2) is 5.14. The molecule has 0 spiro atoms. The zero-order chi connectivity index (χ0) is 12.4. The SMILES string of the molecule is CC(Br)c1cn(Cc2c(F)cccc2Cl)nn1. The second-order valence-electron chi connectivity index (χ2n) is 3.66. The van der Waals surface area contributed by atoms with E-state index in [0.717, 1.165) is 5.69 Å². The first kappa shape index (κ1) is 12.5. The molecule has 2 aromatic rings. The molecule has 1 unspecified atom stereocenters. The zero-order valence-electron chi connectivity index (χ0n) is 9.07. The second-order valence-corrected chi connectivity index (χ2v) is 5.44. The van der Waals surface area contributed by atoms with E-state index in [1.54, 1.807) is 23.0 Å². The van der Waals surface area contributed by atoms with Crippen LogP contribution >= 0.6 is 27.5 Å². The molecular weight excluding hydrogens is 308 g/mol. The van der Waals surface area contributed by atoms with E-state index in [1.807, 2.05) is 6.92 Å². The quantitative estimate of drug-likeness (QED) is 0.810. The molecule has 3 nitrogen and oxygen atoms in total. The lowest BCUT2D eigenvalue weighted by molar-refractivity contribution is 0.577. The first-order chi connectivity index (χ1) is 8.08. The van der Waals surface area contributed by atoms with Crippen molar-refractivity contribution in [3.05, 3.63) is 46.5 Å². The molecule has 2 rings (SSSR count). The smallest absolute Gasteiger partial charge is 0.129 e. The minimum absolute atomic E-state index is 0.118. The van der Waals surface area contributed by atoms with Gasteiger partial charge in [-0.3, -0.25) is 0 Å². The number of rotatable bonds is 3. The molecule has 6 heteroatoms. The third-order valence-corrected chi connectivity index (χ3v) is 3.17. The van der Waals surface area contributed by atoms with Crippen LogP contribution in [0.4, 0.5) is 4.39 Å². The highest BCUT2D eigenvalue weighted by molar-refractivity contribution is 9.09. The molecule has 0 amide bonds. The van der Waals surface area contributed by atoms with Crippen LogP contribution in [0.1, 0.15) is 23.0 Å². The summed E-state index contributed by atoms with van der Waals surface area (Å²) in [6, 6.07) is 4.62. The summed E-state index contributed by atoms with van der Waals surface area (Å²) in [6.45, 7) is 2.22. The third kappa shape index (κ3) is 2.84. The van der Waals surface area contributed by atoms with Crippen molar-refractivity contribution in [3.8, 4) is 0 Å². The van der Waals surface area contributed by atoms with Gasteiger partial charge in [0, 0.05) is 16.8 Å². The van der Waals surface area contributed by atoms with Gasteiger partial charge in [0.2, 0.25) is 0 Å². The molecule has 1 atom stereocenters. The van der Waals surface area contributed by atoms with Gasteiger partial charge in [0.1, 0.15) is 5.82 Å². The van der Waals surface area contributed by atoms with E-state index in [-0.39, 0.29) is 17.2 Å². The molecule has 0 aliphatic carbocycles. The van der Waals surface area contributed by atoms with Crippen LogP contribution in [0.15, 0.2) is 24.4 Å². The van der Waals surface area contributed by atoms with Crippen LogP contribution in [0.25, 0.3) is 0 Å². The van der Waals surface area contributed by atoms with Crippen LogP contribution in [-0.4, -0.2) is 15.0 Å². The van der Waals surface area contributed by atoms with Crippen molar-refractivity contribution in [1.82, 2.24) is 15.0 Å². The highest BCUT2D eigenvalue weighted by Gasteiger charge is 2.10. The van der Waals surface area contributed by atoms with Crippen molar-refractivity contribution in [2.24, 2.45) is 0 Å². The van der Waals surface area contributed by atoms with Gasteiger partial charge >= 0.3 is 0 Å². The summed E-state index contributed by atoms with van der Waals surface area (Å²) in [4.78, 5) is 0.118. The number of benzene rings is 1. The predicted molar refractivity (Wildman–Crippen MR) is 67.9 cm³/mol. The van der Waals surface area contributed by atoms with Gasteiger partial charge in [0.25, 0.3) is 0 Å². The standard InChI is InChI=1S/C11H10BrClFN3/c1-7(12)11-6-17(16-15-11)5-8-9(13)3-2-4-10(8)14/h2-4,6-7H,5H2,1H3. The van der Waals surface area contributed by atoms with Gasteiger partial charge in [-0.1, -0.05) is 38.8 Å². The van der Waals surface area contributed by atoms with Gasteiger partial charge in [0.15, 0.2) is 0 Å². The van der Waals surface area contributed by atoms with Gasteiger partial charge in [0.05, 0.1) is 17.1 Å². The number of halogens is 3. The van der Waals surface area contributed by atoms with Crippen LogP contribution in [-0.2, 0) is 6.54 Å². The van der Waals surface area contributed by atoms with Crippen LogP contribution in [0, 0.1) is 5.82 Å². The summed E-state index contributed by atoms with van der Waals surface area (Å²) in [6.07, 6.45) is 1.77. The summed E-state index contributed by atoms with van der Waals surface area (Å²) < 4.78 is 15.1. The first-order valence-corrected chi connectivity index (χ1v) is 6.34. The average Bonchev–Trinajstić information content (AvgIpc) is 2.72. The van der Waals surface area contributed by atoms with Gasteiger partial charge in [-0.15, -0.1) is 5.10 Å². The summed E-state index contributed by atoms with van der Waals surface area (Å²) in [5.41, 5.74) is 1.23. The van der Waals surface area contributed by atoms with Crippen molar-refractivity contribution < 1.29 is 4.39 Å². The Hall–Kier alpha value is -0.940. The summed E-state index contributed by atoms with van der Waals surface area (Å²) >= 11 is 9.33. The molecule has 0 saturated heterocycles. The van der Waals surface area contributed by atoms with Crippen molar-refractivity contribution in [1.29, 1.82) is 0 Å². The Morgan fingerprint density at radius 1 is 1.53 bits per heavy atom. The molecule has 0 aliphatic heterocycles. The average molecular weight is 319 g/mol. The lowest BCUT2D eigenvalue weighted by atomic mass is 10.2. The highest BCUT2D eigenvalue weighted by Crippen LogP contribution is 2.21. The molecule has 0 bridgehead atoms. The highest BCUT2D eigenvalue weighted by atomic mass is 79.9. The minimum Gasteiger partial charge on any atom is -0.248 e. The van der Waals surface area contributed by atoms with Gasteiger partial charge in [-0.25, -0.2) is 9.07 Å². The van der Waals surface area contributed by atoms with E-state index >= 15 is 0 Å². The maximum absolute atomic E-state index is 13.5. The lowest BCUT2D eigenvalue weighted by Gasteiger charge is -2.04. The van der Waals surface area contributed by atoms with Crippen molar-refractivity contribution in [3.63, 3.8) is 0 Å².